The van der Waals surface area contributed by atoms with Gasteiger partial charge < -0.3 is 5.32 Å². The molecule has 0 saturated carbocycles. The zero-order valence-electron chi connectivity index (χ0n) is 14.5. The fraction of sp³-hybridized carbons (Fsp3) is 0.105. The van der Waals surface area contributed by atoms with E-state index in [0.29, 0.717) is 5.69 Å². The average molecular weight is 364 g/mol. The van der Waals surface area contributed by atoms with Crippen LogP contribution in [-0.4, -0.2) is 20.6 Å². The molecule has 0 aliphatic rings. The molecular weight excluding hydrogens is 348 g/mol. The molecule has 3 aromatic rings. The van der Waals surface area contributed by atoms with Crippen LogP contribution in [0.4, 0.5) is 11.4 Å². The van der Waals surface area contributed by atoms with Crippen molar-refractivity contribution in [2.75, 3.05) is 5.32 Å². The molecule has 0 aliphatic heterocycles. The van der Waals surface area contributed by atoms with Gasteiger partial charge in [0.25, 0.3) is 11.2 Å². The zero-order valence-corrected chi connectivity index (χ0v) is 14.5. The van der Waals surface area contributed by atoms with Crippen LogP contribution in [0.25, 0.3) is 11.3 Å². The number of carbonyl (C=O) groups is 1. The Labute approximate surface area is 154 Å². The maximum Gasteiger partial charge on any atom is 0.292 e. The summed E-state index contributed by atoms with van der Waals surface area (Å²) in [5.41, 5.74) is 1.86. The number of nitrogens with zero attached hydrogens (tertiary/aromatic N) is 3. The van der Waals surface area contributed by atoms with Crippen molar-refractivity contribution in [2.45, 2.75) is 13.5 Å². The lowest BCUT2D eigenvalue weighted by atomic mass is 10.1. The highest BCUT2D eigenvalue weighted by molar-refractivity contribution is 5.92. The van der Waals surface area contributed by atoms with Crippen LogP contribution in [-0.2, 0) is 11.3 Å². The molecule has 8 nitrogen and oxygen atoms in total. The van der Waals surface area contributed by atoms with Gasteiger partial charge in [-0.15, -0.1) is 0 Å². The van der Waals surface area contributed by atoms with E-state index in [1.165, 1.54) is 24.3 Å². The number of amides is 1. The van der Waals surface area contributed by atoms with E-state index in [4.69, 9.17) is 0 Å². The lowest BCUT2D eigenvalue weighted by molar-refractivity contribution is -0.383. The summed E-state index contributed by atoms with van der Waals surface area (Å²) in [6.07, 6.45) is 0. The third kappa shape index (κ3) is 4.24. The first-order valence-electron chi connectivity index (χ1n) is 8.12. The minimum Gasteiger partial charge on any atom is -0.319 e. The lowest BCUT2D eigenvalue weighted by Gasteiger charge is -2.09. The van der Waals surface area contributed by atoms with Gasteiger partial charge >= 0.3 is 0 Å². The van der Waals surface area contributed by atoms with Crippen molar-refractivity contribution in [3.63, 3.8) is 0 Å². The Morgan fingerprint density at radius 1 is 1.11 bits per heavy atom. The molecule has 8 heteroatoms. The topological polar surface area (TPSA) is 107 Å². The predicted octanol–water partition coefficient (Wildman–Crippen LogP) is 2.77. The average Bonchev–Trinajstić information content (AvgIpc) is 2.64. The predicted molar refractivity (Wildman–Crippen MR) is 100 cm³/mol. The van der Waals surface area contributed by atoms with Crippen LogP contribution < -0.4 is 10.9 Å². The molecule has 1 heterocycles. The quantitative estimate of drug-likeness (QED) is 0.553. The van der Waals surface area contributed by atoms with Crippen LogP contribution in [0.3, 0.4) is 0 Å². The van der Waals surface area contributed by atoms with E-state index in [9.17, 15) is 19.7 Å². The maximum absolute atomic E-state index is 12.3. The number of nitrogens with one attached hydrogen (secondary N) is 1. The number of hydrogen-bond acceptors (Lipinski definition) is 5. The number of para-hydroxylation sites is 2. The summed E-state index contributed by atoms with van der Waals surface area (Å²) in [6.45, 7) is 1.61. The number of rotatable bonds is 5. The van der Waals surface area contributed by atoms with Gasteiger partial charge in [0.2, 0.25) is 5.91 Å². The van der Waals surface area contributed by atoms with E-state index in [1.807, 2.05) is 31.2 Å². The fourth-order valence-corrected chi connectivity index (χ4v) is 2.50. The van der Waals surface area contributed by atoms with Crippen molar-refractivity contribution in [3.8, 4) is 11.3 Å². The normalized spacial score (nSPS) is 10.4. The highest BCUT2D eigenvalue weighted by Crippen LogP contribution is 2.23. The molecule has 0 saturated heterocycles. The van der Waals surface area contributed by atoms with Crippen molar-refractivity contribution in [2.24, 2.45) is 0 Å². The van der Waals surface area contributed by atoms with Crippen LogP contribution >= 0.6 is 0 Å². The Balaban J connectivity index is 1.82. The Morgan fingerprint density at radius 3 is 2.52 bits per heavy atom. The van der Waals surface area contributed by atoms with Gasteiger partial charge in [-0.25, -0.2) is 4.68 Å². The molecule has 3 rings (SSSR count). The maximum atomic E-state index is 12.3. The van der Waals surface area contributed by atoms with E-state index in [0.717, 1.165) is 15.8 Å². The Morgan fingerprint density at radius 2 is 1.81 bits per heavy atom. The molecule has 0 unspecified atom stereocenters. The molecule has 0 aliphatic carbocycles. The number of anilines is 1. The van der Waals surface area contributed by atoms with Gasteiger partial charge in [-0.2, -0.15) is 5.10 Å². The van der Waals surface area contributed by atoms with Crippen LogP contribution in [0.15, 0.2) is 65.5 Å². The molecule has 136 valence electrons. The van der Waals surface area contributed by atoms with E-state index >= 15 is 0 Å². The number of hydrogen-bond donors (Lipinski definition) is 1. The van der Waals surface area contributed by atoms with Gasteiger partial charge in [0.15, 0.2) is 0 Å². The Hall–Kier alpha value is -3.81. The smallest absolute Gasteiger partial charge is 0.292 e. The first kappa shape index (κ1) is 18.0. The molecule has 0 atom stereocenters. The van der Waals surface area contributed by atoms with Crippen LogP contribution in [0.2, 0.25) is 0 Å². The van der Waals surface area contributed by atoms with E-state index in [-0.39, 0.29) is 17.9 Å². The SMILES string of the molecule is Cc1ccc(-c2ccc(=O)n(CC(=O)Nc3ccccc3[N+](=O)[O-])n2)cc1. The largest absolute Gasteiger partial charge is 0.319 e. The molecular formula is C19H16N4O4. The van der Waals surface area contributed by atoms with Gasteiger partial charge in [-0.1, -0.05) is 42.0 Å². The second-order valence-electron chi connectivity index (χ2n) is 5.90. The highest BCUT2D eigenvalue weighted by atomic mass is 16.6. The van der Waals surface area contributed by atoms with Crippen molar-refractivity contribution in [3.05, 3.63) is 86.7 Å². The fourth-order valence-electron chi connectivity index (χ4n) is 2.50. The van der Waals surface area contributed by atoms with Crippen molar-refractivity contribution < 1.29 is 9.72 Å². The summed E-state index contributed by atoms with van der Waals surface area (Å²) in [6, 6.07) is 16.3. The van der Waals surface area contributed by atoms with Gasteiger partial charge in [-0.05, 0) is 19.1 Å². The van der Waals surface area contributed by atoms with Crippen molar-refractivity contribution >= 4 is 17.3 Å². The number of aromatic nitrogens is 2. The standard InChI is InChI=1S/C19H16N4O4/c1-13-6-8-14(9-7-13)15-10-11-19(25)22(21-15)12-18(24)20-16-4-2-3-5-17(16)23(26)27/h2-11H,12H2,1H3,(H,20,24). The number of benzene rings is 2. The molecule has 1 amide bonds. The van der Waals surface area contributed by atoms with Crippen LogP contribution in [0.5, 0.6) is 0 Å². The van der Waals surface area contributed by atoms with E-state index in [2.05, 4.69) is 10.4 Å². The number of nitro benzene ring substituents is 1. The molecule has 0 spiro atoms. The highest BCUT2D eigenvalue weighted by Gasteiger charge is 2.15. The van der Waals surface area contributed by atoms with Gasteiger partial charge in [0, 0.05) is 17.7 Å². The molecule has 1 N–H and O–H groups in total. The van der Waals surface area contributed by atoms with Crippen LogP contribution in [0, 0.1) is 17.0 Å². The minimum atomic E-state index is -0.585. The molecule has 2 aromatic carbocycles. The summed E-state index contributed by atoms with van der Waals surface area (Å²) in [7, 11) is 0. The van der Waals surface area contributed by atoms with Crippen molar-refractivity contribution in [1.82, 2.24) is 9.78 Å². The van der Waals surface area contributed by atoms with E-state index < -0.39 is 16.4 Å². The minimum absolute atomic E-state index is 0.0650. The number of carbonyl (C=O) groups excluding carboxylic acids is 1. The van der Waals surface area contributed by atoms with Crippen LogP contribution in [0.1, 0.15) is 5.56 Å². The summed E-state index contributed by atoms with van der Waals surface area (Å²) in [5.74, 6) is -0.583. The third-order valence-corrected chi connectivity index (χ3v) is 3.88. The second kappa shape index (κ2) is 7.61. The summed E-state index contributed by atoms with van der Waals surface area (Å²) in [4.78, 5) is 34.7. The summed E-state index contributed by atoms with van der Waals surface area (Å²) < 4.78 is 1.03. The molecule has 1 aromatic heterocycles. The summed E-state index contributed by atoms with van der Waals surface area (Å²) >= 11 is 0. The number of aryl methyl sites for hydroxylation is 1. The molecule has 27 heavy (non-hydrogen) atoms. The lowest BCUT2D eigenvalue weighted by Crippen LogP contribution is -2.29. The number of nitro groups is 1. The molecule has 0 radical (unpaired) electrons. The van der Waals surface area contributed by atoms with Gasteiger partial charge in [-0.3, -0.25) is 19.7 Å². The monoisotopic (exact) mass is 364 g/mol. The Kier molecular flexibility index (Phi) is 5.07. The Bertz CT molecular complexity index is 1060. The van der Waals surface area contributed by atoms with Gasteiger partial charge in [0.1, 0.15) is 12.2 Å². The first-order chi connectivity index (χ1) is 12.9. The zero-order chi connectivity index (χ0) is 19.4. The summed E-state index contributed by atoms with van der Waals surface area (Å²) in [5, 5.41) is 17.7. The second-order valence-corrected chi connectivity index (χ2v) is 5.90. The van der Waals surface area contributed by atoms with Gasteiger partial charge in [0.05, 0.1) is 10.6 Å². The molecule has 0 fully saturated rings. The van der Waals surface area contributed by atoms with Crippen molar-refractivity contribution in [1.29, 1.82) is 0 Å². The first-order valence-corrected chi connectivity index (χ1v) is 8.12. The molecule has 0 bridgehead atoms. The van der Waals surface area contributed by atoms with E-state index in [1.54, 1.807) is 12.1 Å². The third-order valence-electron chi connectivity index (χ3n) is 3.88.